The molecule has 0 bridgehead atoms. The topological polar surface area (TPSA) is 98.3 Å². The molecule has 21 heavy (non-hydrogen) atoms. The Kier molecular flexibility index (Phi) is 2.95. The van der Waals surface area contributed by atoms with Crippen LogP contribution >= 0.6 is 0 Å². The van der Waals surface area contributed by atoms with E-state index in [1.807, 2.05) is 0 Å². The van der Waals surface area contributed by atoms with Crippen molar-refractivity contribution in [2.75, 3.05) is 0 Å². The number of benzene rings is 1. The molecule has 8 nitrogen and oxygen atoms in total. The van der Waals surface area contributed by atoms with Gasteiger partial charge in [-0.05, 0) is 18.6 Å². The van der Waals surface area contributed by atoms with Gasteiger partial charge in [0.2, 0.25) is 5.91 Å². The van der Waals surface area contributed by atoms with Crippen LogP contribution in [0.15, 0.2) is 23.0 Å². The van der Waals surface area contributed by atoms with Crippen molar-refractivity contribution in [2.24, 2.45) is 0 Å². The Morgan fingerprint density at radius 1 is 1.33 bits per heavy atom. The van der Waals surface area contributed by atoms with Crippen molar-refractivity contribution < 1.29 is 9.59 Å². The quantitative estimate of drug-likeness (QED) is 0.600. The lowest BCUT2D eigenvalue weighted by Gasteiger charge is -2.21. The maximum atomic E-state index is 12.4. The van der Waals surface area contributed by atoms with Gasteiger partial charge in [0.15, 0.2) is 5.69 Å². The number of rotatable bonds is 1. The SMILES string of the molecule is [C-]#[N+]c1ccc2nnn(C3CCC(=O)NC3=O)c(=O)c2c1. The fraction of sp³-hybridized carbons (Fsp3) is 0.231. The molecule has 1 atom stereocenters. The maximum absolute atomic E-state index is 12.4. The standard InChI is InChI=1S/C13H9N5O3/c1-14-7-2-3-9-8(6-7)13(21)18(17-16-9)10-4-5-11(19)15-12(10)20/h2-3,6,10H,4-5H2,(H,15,19,20). The number of aromatic nitrogens is 3. The predicted octanol–water partition coefficient (Wildman–Crippen LogP) is 0.320. The van der Waals surface area contributed by atoms with Crippen molar-refractivity contribution >= 4 is 28.4 Å². The summed E-state index contributed by atoms with van der Waals surface area (Å²) in [7, 11) is 0. The van der Waals surface area contributed by atoms with Gasteiger partial charge in [0.05, 0.1) is 17.5 Å². The van der Waals surface area contributed by atoms with Crippen molar-refractivity contribution in [1.29, 1.82) is 0 Å². The van der Waals surface area contributed by atoms with E-state index in [1.54, 1.807) is 6.07 Å². The zero-order chi connectivity index (χ0) is 15.0. The van der Waals surface area contributed by atoms with Crippen molar-refractivity contribution in [1.82, 2.24) is 20.3 Å². The highest BCUT2D eigenvalue weighted by molar-refractivity contribution is 5.99. The number of fused-ring (bicyclic) bond motifs is 1. The molecule has 3 rings (SSSR count). The third-order valence-electron chi connectivity index (χ3n) is 3.30. The average Bonchev–Trinajstić information content (AvgIpc) is 2.48. The first-order chi connectivity index (χ1) is 10.1. The Bertz CT molecular complexity index is 864. The largest absolute Gasteiger partial charge is 0.295 e. The van der Waals surface area contributed by atoms with Crippen LogP contribution in [-0.4, -0.2) is 26.8 Å². The number of imide groups is 1. The van der Waals surface area contributed by atoms with Crippen molar-refractivity contribution in [3.05, 3.63) is 40.0 Å². The molecule has 1 fully saturated rings. The predicted molar refractivity (Wildman–Crippen MR) is 71.5 cm³/mol. The normalized spacial score (nSPS) is 18.3. The molecule has 104 valence electrons. The third kappa shape index (κ3) is 2.14. The summed E-state index contributed by atoms with van der Waals surface area (Å²) in [4.78, 5) is 38.6. The smallest absolute Gasteiger partial charge is 0.277 e. The highest BCUT2D eigenvalue weighted by Gasteiger charge is 2.30. The summed E-state index contributed by atoms with van der Waals surface area (Å²) < 4.78 is 0.970. The molecular formula is C13H9N5O3. The fourth-order valence-corrected chi connectivity index (χ4v) is 2.23. The summed E-state index contributed by atoms with van der Waals surface area (Å²) in [5.41, 5.74) is 0.165. The van der Waals surface area contributed by atoms with Gasteiger partial charge >= 0.3 is 0 Å². The summed E-state index contributed by atoms with van der Waals surface area (Å²) in [5, 5.41) is 10.1. The molecule has 0 radical (unpaired) electrons. The molecular weight excluding hydrogens is 274 g/mol. The van der Waals surface area contributed by atoms with E-state index in [0.717, 1.165) is 4.68 Å². The zero-order valence-electron chi connectivity index (χ0n) is 10.7. The number of nitrogens with one attached hydrogen (secondary N) is 1. The minimum atomic E-state index is -0.858. The summed E-state index contributed by atoms with van der Waals surface area (Å²) in [6.07, 6.45) is 0.345. The lowest BCUT2D eigenvalue weighted by Crippen LogP contribution is -2.45. The summed E-state index contributed by atoms with van der Waals surface area (Å²) in [5.74, 6) is -0.934. The Morgan fingerprint density at radius 2 is 2.14 bits per heavy atom. The van der Waals surface area contributed by atoms with Gasteiger partial charge in [-0.15, -0.1) is 5.10 Å². The minimum absolute atomic E-state index is 0.144. The lowest BCUT2D eigenvalue weighted by molar-refractivity contribution is -0.136. The van der Waals surface area contributed by atoms with Gasteiger partial charge in [0.1, 0.15) is 6.04 Å². The second-order valence-corrected chi connectivity index (χ2v) is 4.62. The molecule has 0 saturated carbocycles. The van der Waals surface area contributed by atoms with E-state index in [4.69, 9.17) is 6.57 Å². The number of carbonyl (C=O) groups is 2. The van der Waals surface area contributed by atoms with Crippen LogP contribution in [0.2, 0.25) is 0 Å². The molecule has 2 aromatic rings. The van der Waals surface area contributed by atoms with Crippen molar-refractivity contribution in [3.63, 3.8) is 0 Å². The minimum Gasteiger partial charge on any atom is -0.295 e. The molecule has 1 aromatic heterocycles. The second-order valence-electron chi connectivity index (χ2n) is 4.62. The van der Waals surface area contributed by atoms with E-state index < -0.39 is 17.5 Å². The Balaban J connectivity index is 2.14. The molecule has 1 aromatic carbocycles. The first-order valence-electron chi connectivity index (χ1n) is 6.20. The van der Waals surface area contributed by atoms with Crippen LogP contribution in [0.5, 0.6) is 0 Å². The number of piperidine rings is 1. The highest BCUT2D eigenvalue weighted by atomic mass is 16.2. The van der Waals surface area contributed by atoms with E-state index in [9.17, 15) is 14.4 Å². The summed E-state index contributed by atoms with van der Waals surface area (Å²) in [6.45, 7) is 6.97. The van der Waals surface area contributed by atoms with E-state index in [-0.39, 0.29) is 24.1 Å². The summed E-state index contributed by atoms with van der Waals surface area (Å²) in [6, 6.07) is 3.64. The van der Waals surface area contributed by atoms with E-state index in [1.165, 1.54) is 12.1 Å². The molecule has 0 spiro atoms. The fourth-order valence-electron chi connectivity index (χ4n) is 2.23. The maximum Gasteiger partial charge on any atom is 0.277 e. The molecule has 2 heterocycles. The van der Waals surface area contributed by atoms with Crippen molar-refractivity contribution in [3.8, 4) is 0 Å². The number of nitrogens with zero attached hydrogens (tertiary/aromatic N) is 4. The van der Waals surface area contributed by atoms with Gasteiger partial charge in [0.25, 0.3) is 11.5 Å². The van der Waals surface area contributed by atoms with Gasteiger partial charge in [-0.2, -0.15) is 4.68 Å². The Morgan fingerprint density at radius 3 is 2.86 bits per heavy atom. The van der Waals surface area contributed by atoms with E-state index >= 15 is 0 Å². The zero-order valence-corrected chi connectivity index (χ0v) is 10.7. The van der Waals surface area contributed by atoms with Gasteiger partial charge in [-0.1, -0.05) is 11.3 Å². The Labute approximate surface area is 118 Å². The van der Waals surface area contributed by atoms with Crippen LogP contribution < -0.4 is 10.9 Å². The van der Waals surface area contributed by atoms with E-state index in [0.29, 0.717) is 11.2 Å². The molecule has 2 amide bonds. The first-order valence-corrected chi connectivity index (χ1v) is 6.20. The molecule has 1 saturated heterocycles. The van der Waals surface area contributed by atoms with Gasteiger partial charge in [0, 0.05) is 6.42 Å². The number of amides is 2. The van der Waals surface area contributed by atoms with Crippen LogP contribution in [-0.2, 0) is 9.59 Å². The molecule has 8 heteroatoms. The number of hydrogen-bond acceptors (Lipinski definition) is 5. The van der Waals surface area contributed by atoms with Gasteiger partial charge < -0.3 is 0 Å². The van der Waals surface area contributed by atoms with Gasteiger partial charge in [-0.3, -0.25) is 19.7 Å². The molecule has 1 unspecified atom stereocenters. The van der Waals surface area contributed by atoms with Gasteiger partial charge in [-0.25, -0.2) is 4.85 Å². The molecule has 0 aliphatic carbocycles. The monoisotopic (exact) mass is 283 g/mol. The second kappa shape index (κ2) is 4.79. The average molecular weight is 283 g/mol. The highest BCUT2D eigenvalue weighted by Crippen LogP contribution is 2.19. The van der Waals surface area contributed by atoms with Crippen LogP contribution in [0.4, 0.5) is 5.69 Å². The van der Waals surface area contributed by atoms with Crippen LogP contribution in [0.3, 0.4) is 0 Å². The first kappa shape index (κ1) is 12.9. The van der Waals surface area contributed by atoms with Crippen LogP contribution in [0.1, 0.15) is 18.9 Å². The Hall–Kier alpha value is -3.08. The number of carbonyl (C=O) groups excluding carboxylic acids is 2. The third-order valence-corrected chi connectivity index (χ3v) is 3.30. The number of hydrogen-bond donors (Lipinski definition) is 1. The van der Waals surface area contributed by atoms with Crippen LogP contribution in [0, 0.1) is 6.57 Å². The van der Waals surface area contributed by atoms with Crippen LogP contribution in [0.25, 0.3) is 15.7 Å². The molecule has 1 aliphatic rings. The lowest BCUT2D eigenvalue weighted by atomic mass is 10.1. The van der Waals surface area contributed by atoms with E-state index in [2.05, 4.69) is 20.5 Å². The molecule has 1 N–H and O–H groups in total. The summed E-state index contributed by atoms with van der Waals surface area (Å²) >= 11 is 0. The van der Waals surface area contributed by atoms with Crippen molar-refractivity contribution in [2.45, 2.75) is 18.9 Å². The molecule has 1 aliphatic heterocycles.